The van der Waals surface area contributed by atoms with Crippen LogP contribution in [-0.2, 0) is 11.0 Å². The highest BCUT2D eigenvalue weighted by Gasteiger charge is 2.30. The van der Waals surface area contributed by atoms with Crippen LogP contribution in [0.25, 0.3) is 0 Å². The number of carbonyl (C=O) groups excluding carboxylic acids is 1. The summed E-state index contributed by atoms with van der Waals surface area (Å²) in [7, 11) is 0. The predicted octanol–water partition coefficient (Wildman–Crippen LogP) is 3.12. The summed E-state index contributed by atoms with van der Waals surface area (Å²) in [6, 6.07) is 9.32. The molecule has 1 aromatic carbocycles. The van der Waals surface area contributed by atoms with Crippen LogP contribution < -0.4 is 10.1 Å². The number of carbonyl (C=O) groups is 1. The maximum Gasteiger partial charge on any atom is 0.416 e. The summed E-state index contributed by atoms with van der Waals surface area (Å²) in [6.45, 7) is -0.340. The molecule has 0 unspecified atom stereocenters. The van der Waals surface area contributed by atoms with E-state index in [-0.39, 0.29) is 18.2 Å². The number of halogens is 3. The number of benzene rings is 1. The number of hydrogen-bond acceptors (Lipinski definition) is 3. The minimum absolute atomic E-state index is 0.0550. The Bertz CT molecular complexity index is 615. The Morgan fingerprint density at radius 1 is 1.19 bits per heavy atom. The molecule has 0 aliphatic carbocycles. The first-order valence-corrected chi connectivity index (χ1v) is 5.96. The zero-order chi connectivity index (χ0) is 15.3. The lowest BCUT2D eigenvalue weighted by molar-refractivity contribution is -0.137. The molecule has 2 rings (SSSR count). The molecule has 1 aromatic heterocycles. The highest BCUT2D eigenvalue weighted by atomic mass is 19.4. The van der Waals surface area contributed by atoms with E-state index in [0.717, 1.165) is 12.1 Å². The Labute approximate surface area is 118 Å². The number of ether oxygens (including phenoxy) is 1. The normalized spacial score (nSPS) is 11.0. The molecular weight excluding hydrogens is 285 g/mol. The Morgan fingerprint density at radius 3 is 2.67 bits per heavy atom. The van der Waals surface area contributed by atoms with Crippen molar-refractivity contribution in [3.05, 3.63) is 54.2 Å². The van der Waals surface area contributed by atoms with Gasteiger partial charge in [-0.2, -0.15) is 13.2 Å². The van der Waals surface area contributed by atoms with Crippen molar-refractivity contribution in [3.63, 3.8) is 0 Å². The minimum atomic E-state index is -4.45. The van der Waals surface area contributed by atoms with E-state index in [1.807, 2.05) is 0 Å². The summed E-state index contributed by atoms with van der Waals surface area (Å²) in [5.41, 5.74) is -0.773. The van der Waals surface area contributed by atoms with Crippen LogP contribution >= 0.6 is 0 Å². The van der Waals surface area contributed by atoms with Crippen molar-refractivity contribution in [2.45, 2.75) is 6.18 Å². The van der Waals surface area contributed by atoms with Crippen molar-refractivity contribution in [2.75, 3.05) is 11.9 Å². The molecule has 21 heavy (non-hydrogen) atoms. The second-order valence-corrected chi connectivity index (χ2v) is 4.08. The van der Waals surface area contributed by atoms with Crippen molar-refractivity contribution in [3.8, 4) is 5.88 Å². The lowest BCUT2D eigenvalue weighted by atomic mass is 10.2. The van der Waals surface area contributed by atoms with Crippen LogP contribution in [0.4, 0.5) is 18.9 Å². The van der Waals surface area contributed by atoms with Gasteiger partial charge < -0.3 is 10.1 Å². The molecule has 0 saturated carbocycles. The first-order valence-electron chi connectivity index (χ1n) is 5.96. The maximum absolute atomic E-state index is 12.5. The second kappa shape index (κ2) is 6.25. The van der Waals surface area contributed by atoms with E-state index in [0.29, 0.717) is 0 Å². The molecule has 1 N–H and O–H groups in total. The lowest BCUT2D eigenvalue weighted by Gasteiger charge is -2.10. The molecule has 110 valence electrons. The second-order valence-electron chi connectivity index (χ2n) is 4.08. The van der Waals surface area contributed by atoms with Gasteiger partial charge in [-0.3, -0.25) is 4.79 Å². The van der Waals surface area contributed by atoms with Crippen molar-refractivity contribution in [1.29, 1.82) is 0 Å². The van der Waals surface area contributed by atoms with Crippen molar-refractivity contribution >= 4 is 11.6 Å². The van der Waals surface area contributed by atoms with Crippen molar-refractivity contribution < 1.29 is 22.7 Å². The first kappa shape index (κ1) is 14.8. The molecule has 4 nitrogen and oxygen atoms in total. The minimum Gasteiger partial charge on any atom is -0.468 e. The monoisotopic (exact) mass is 296 g/mol. The SMILES string of the molecule is O=C(COc1ccccn1)Nc1cccc(C(F)(F)F)c1. The maximum atomic E-state index is 12.5. The van der Waals surface area contributed by atoms with Crippen LogP contribution in [0, 0.1) is 0 Å². The molecule has 1 amide bonds. The van der Waals surface area contributed by atoms with E-state index < -0.39 is 17.6 Å². The van der Waals surface area contributed by atoms with Crippen LogP contribution in [0.1, 0.15) is 5.56 Å². The van der Waals surface area contributed by atoms with Gasteiger partial charge in [0.05, 0.1) is 5.56 Å². The van der Waals surface area contributed by atoms with Gasteiger partial charge in [-0.15, -0.1) is 0 Å². The summed E-state index contributed by atoms with van der Waals surface area (Å²) < 4.78 is 42.7. The highest BCUT2D eigenvalue weighted by Crippen LogP contribution is 2.30. The molecule has 0 radical (unpaired) electrons. The van der Waals surface area contributed by atoms with Gasteiger partial charge in [0.25, 0.3) is 5.91 Å². The highest BCUT2D eigenvalue weighted by molar-refractivity contribution is 5.91. The predicted molar refractivity (Wildman–Crippen MR) is 69.8 cm³/mol. The van der Waals surface area contributed by atoms with Gasteiger partial charge in [-0.1, -0.05) is 12.1 Å². The standard InChI is InChI=1S/C14H11F3N2O2/c15-14(16,17)10-4-3-5-11(8-10)19-12(20)9-21-13-6-1-2-7-18-13/h1-8H,9H2,(H,19,20). The van der Waals surface area contributed by atoms with Crippen LogP contribution in [0.3, 0.4) is 0 Å². The molecule has 0 saturated heterocycles. The zero-order valence-electron chi connectivity index (χ0n) is 10.7. The zero-order valence-corrected chi connectivity index (χ0v) is 10.7. The fourth-order valence-electron chi connectivity index (χ4n) is 1.54. The number of pyridine rings is 1. The average Bonchev–Trinajstić information content (AvgIpc) is 2.46. The molecule has 2 aromatic rings. The number of alkyl halides is 3. The molecule has 0 spiro atoms. The lowest BCUT2D eigenvalue weighted by Crippen LogP contribution is -2.20. The first-order chi connectivity index (χ1) is 9.95. The summed E-state index contributed by atoms with van der Waals surface area (Å²) in [4.78, 5) is 15.5. The molecule has 0 atom stereocenters. The Morgan fingerprint density at radius 2 is 2.00 bits per heavy atom. The molecule has 0 fully saturated rings. The third kappa shape index (κ3) is 4.48. The number of hydrogen-bond donors (Lipinski definition) is 1. The fraction of sp³-hybridized carbons (Fsp3) is 0.143. The quantitative estimate of drug-likeness (QED) is 0.943. The molecule has 7 heteroatoms. The van der Waals surface area contributed by atoms with Gasteiger partial charge in [-0.05, 0) is 24.3 Å². The largest absolute Gasteiger partial charge is 0.468 e. The smallest absolute Gasteiger partial charge is 0.416 e. The van der Waals surface area contributed by atoms with Gasteiger partial charge in [0, 0.05) is 18.0 Å². The van der Waals surface area contributed by atoms with Crippen LogP contribution in [0.2, 0.25) is 0 Å². The van der Waals surface area contributed by atoms with Crippen molar-refractivity contribution in [1.82, 2.24) is 4.98 Å². The number of nitrogens with zero attached hydrogens (tertiary/aromatic N) is 1. The van der Waals surface area contributed by atoms with Crippen molar-refractivity contribution in [2.24, 2.45) is 0 Å². The molecule has 0 aliphatic rings. The Balaban J connectivity index is 1.94. The summed E-state index contributed by atoms with van der Waals surface area (Å²) >= 11 is 0. The summed E-state index contributed by atoms with van der Waals surface area (Å²) in [5.74, 6) is -0.309. The summed E-state index contributed by atoms with van der Waals surface area (Å²) in [5, 5.41) is 2.33. The van der Waals surface area contributed by atoms with Gasteiger partial charge in [-0.25, -0.2) is 4.98 Å². The average molecular weight is 296 g/mol. The fourth-order valence-corrected chi connectivity index (χ4v) is 1.54. The van der Waals surface area contributed by atoms with Gasteiger partial charge >= 0.3 is 6.18 Å². The van der Waals surface area contributed by atoms with Gasteiger partial charge in [0.2, 0.25) is 5.88 Å². The number of anilines is 1. The van der Waals surface area contributed by atoms with E-state index in [2.05, 4.69) is 10.3 Å². The summed E-state index contributed by atoms with van der Waals surface area (Å²) in [6.07, 6.45) is -2.95. The van der Waals surface area contributed by atoms with Gasteiger partial charge in [0.1, 0.15) is 0 Å². The van der Waals surface area contributed by atoms with E-state index in [1.165, 1.54) is 18.3 Å². The number of rotatable bonds is 4. The van der Waals surface area contributed by atoms with Crippen LogP contribution in [0.15, 0.2) is 48.7 Å². The number of nitrogens with one attached hydrogen (secondary N) is 1. The van der Waals surface area contributed by atoms with Gasteiger partial charge in [0.15, 0.2) is 6.61 Å². The third-order valence-electron chi connectivity index (χ3n) is 2.46. The Hall–Kier alpha value is -2.57. The molecule has 1 heterocycles. The van der Waals surface area contributed by atoms with E-state index in [9.17, 15) is 18.0 Å². The molecular formula is C14H11F3N2O2. The third-order valence-corrected chi connectivity index (χ3v) is 2.46. The number of aromatic nitrogens is 1. The van der Waals surface area contributed by atoms with Crippen LogP contribution in [-0.4, -0.2) is 17.5 Å². The van der Waals surface area contributed by atoms with E-state index in [1.54, 1.807) is 18.2 Å². The molecule has 0 aliphatic heterocycles. The topological polar surface area (TPSA) is 51.2 Å². The van der Waals surface area contributed by atoms with Crippen LogP contribution in [0.5, 0.6) is 5.88 Å². The van der Waals surface area contributed by atoms with E-state index >= 15 is 0 Å². The molecule has 0 bridgehead atoms. The van der Waals surface area contributed by atoms with E-state index in [4.69, 9.17) is 4.74 Å². The number of amides is 1. The Kier molecular flexibility index (Phi) is 4.42.